The van der Waals surface area contributed by atoms with Gasteiger partial charge in [-0.25, -0.2) is 4.98 Å². The van der Waals surface area contributed by atoms with Crippen LogP contribution in [0.2, 0.25) is 5.15 Å². The molecule has 0 bridgehead atoms. The van der Waals surface area contributed by atoms with Crippen LogP contribution in [0.15, 0.2) is 33.6 Å². The van der Waals surface area contributed by atoms with E-state index in [1.54, 1.807) is 29.8 Å². The molecule has 2 rings (SSSR count). The minimum Gasteiger partial charge on any atom is -0.322 e. The third-order valence-corrected chi connectivity index (χ3v) is 3.53. The quantitative estimate of drug-likeness (QED) is 0.856. The standard InChI is InChI=1S/C10H6BrClN2OS/c11-8-3-6(5-16-8)10(15)14-7-1-2-13-9(12)4-7/h1-5H,(H,13,14,15). The predicted molar refractivity (Wildman–Crippen MR) is 69.2 cm³/mol. The topological polar surface area (TPSA) is 42.0 Å². The van der Waals surface area contributed by atoms with Crippen LogP contribution in [-0.2, 0) is 0 Å². The maximum absolute atomic E-state index is 11.7. The van der Waals surface area contributed by atoms with Crippen LogP contribution in [0.5, 0.6) is 0 Å². The van der Waals surface area contributed by atoms with Crippen molar-refractivity contribution >= 4 is 50.5 Å². The van der Waals surface area contributed by atoms with Gasteiger partial charge >= 0.3 is 0 Å². The van der Waals surface area contributed by atoms with Gasteiger partial charge in [0.25, 0.3) is 5.91 Å². The Hall–Kier alpha value is -0.910. The van der Waals surface area contributed by atoms with Crippen molar-refractivity contribution in [3.63, 3.8) is 0 Å². The molecule has 6 heteroatoms. The first-order valence-electron chi connectivity index (χ1n) is 4.32. The summed E-state index contributed by atoms with van der Waals surface area (Å²) in [6.45, 7) is 0. The molecule has 0 saturated carbocycles. The summed E-state index contributed by atoms with van der Waals surface area (Å²) in [7, 11) is 0. The van der Waals surface area contributed by atoms with E-state index in [9.17, 15) is 4.79 Å². The van der Waals surface area contributed by atoms with Gasteiger partial charge in [-0.2, -0.15) is 0 Å². The fourth-order valence-electron chi connectivity index (χ4n) is 1.11. The van der Waals surface area contributed by atoms with Crippen molar-refractivity contribution in [2.45, 2.75) is 0 Å². The Morgan fingerprint density at radius 3 is 2.94 bits per heavy atom. The van der Waals surface area contributed by atoms with Crippen molar-refractivity contribution in [3.05, 3.63) is 44.3 Å². The van der Waals surface area contributed by atoms with E-state index in [4.69, 9.17) is 11.6 Å². The van der Waals surface area contributed by atoms with Gasteiger partial charge in [-0.3, -0.25) is 4.79 Å². The minimum absolute atomic E-state index is 0.163. The van der Waals surface area contributed by atoms with E-state index in [0.717, 1.165) is 3.79 Å². The molecule has 2 aromatic heterocycles. The smallest absolute Gasteiger partial charge is 0.256 e. The molecule has 2 aromatic rings. The van der Waals surface area contributed by atoms with Gasteiger partial charge in [0.05, 0.1) is 9.35 Å². The third-order valence-electron chi connectivity index (χ3n) is 1.81. The first-order valence-corrected chi connectivity index (χ1v) is 6.37. The zero-order chi connectivity index (χ0) is 11.5. The van der Waals surface area contributed by atoms with Crippen LogP contribution in [0.25, 0.3) is 0 Å². The van der Waals surface area contributed by atoms with Crippen molar-refractivity contribution in [3.8, 4) is 0 Å². The van der Waals surface area contributed by atoms with E-state index in [1.165, 1.54) is 11.3 Å². The molecular formula is C10H6BrClN2OS. The number of carbonyl (C=O) groups is 1. The van der Waals surface area contributed by atoms with Crippen LogP contribution in [-0.4, -0.2) is 10.9 Å². The number of halogens is 2. The first-order chi connectivity index (χ1) is 7.65. The molecule has 0 unspecified atom stereocenters. The van der Waals surface area contributed by atoms with Gasteiger partial charge in [0, 0.05) is 17.3 Å². The highest BCUT2D eigenvalue weighted by atomic mass is 79.9. The number of amides is 1. The summed E-state index contributed by atoms with van der Waals surface area (Å²) in [5.74, 6) is -0.163. The van der Waals surface area contributed by atoms with E-state index in [0.29, 0.717) is 16.4 Å². The van der Waals surface area contributed by atoms with E-state index < -0.39 is 0 Å². The molecule has 0 spiro atoms. The zero-order valence-electron chi connectivity index (χ0n) is 7.91. The van der Waals surface area contributed by atoms with E-state index in [2.05, 4.69) is 26.2 Å². The van der Waals surface area contributed by atoms with Crippen molar-refractivity contribution in [2.75, 3.05) is 5.32 Å². The number of thiophene rings is 1. The van der Waals surface area contributed by atoms with E-state index in [1.807, 2.05) is 0 Å². The average Bonchev–Trinajstić information content (AvgIpc) is 2.65. The van der Waals surface area contributed by atoms with Gasteiger partial charge in [-0.05, 0) is 34.1 Å². The number of hydrogen-bond donors (Lipinski definition) is 1. The lowest BCUT2D eigenvalue weighted by Gasteiger charge is -2.02. The second-order valence-electron chi connectivity index (χ2n) is 2.96. The molecule has 0 aliphatic rings. The molecule has 3 nitrogen and oxygen atoms in total. The molecule has 0 aliphatic carbocycles. The summed E-state index contributed by atoms with van der Waals surface area (Å²) in [6, 6.07) is 5.05. The van der Waals surface area contributed by atoms with Crippen LogP contribution in [0.3, 0.4) is 0 Å². The number of carbonyl (C=O) groups excluding carboxylic acids is 1. The minimum atomic E-state index is -0.163. The van der Waals surface area contributed by atoms with Crippen LogP contribution in [0, 0.1) is 0 Å². The Morgan fingerprint density at radius 2 is 2.31 bits per heavy atom. The molecule has 1 amide bonds. The molecular weight excluding hydrogens is 312 g/mol. The molecule has 0 aromatic carbocycles. The molecule has 0 aliphatic heterocycles. The number of nitrogens with zero attached hydrogens (tertiary/aromatic N) is 1. The Kier molecular flexibility index (Phi) is 3.58. The molecule has 1 N–H and O–H groups in total. The van der Waals surface area contributed by atoms with E-state index in [-0.39, 0.29) is 5.91 Å². The highest BCUT2D eigenvalue weighted by Crippen LogP contribution is 2.21. The Labute approximate surface area is 110 Å². The lowest BCUT2D eigenvalue weighted by Crippen LogP contribution is -2.10. The zero-order valence-corrected chi connectivity index (χ0v) is 11.1. The molecule has 0 fully saturated rings. The predicted octanol–water partition coefficient (Wildman–Crippen LogP) is 3.81. The van der Waals surface area contributed by atoms with Crippen LogP contribution < -0.4 is 5.32 Å². The van der Waals surface area contributed by atoms with Crippen molar-refractivity contribution in [1.82, 2.24) is 4.98 Å². The Morgan fingerprint density at radius 1 is 1.50 bits per heavy atom. The van der Waals surface area contributed by atoms with Crippen molar-refractivity contribution < 1.29 is 4.79 Å². The maximum atomic E-state index is 11.7. The second-order valence-corrected chi connectivity index (χ2v) is 5.64. The lowest BCUT2D eigenvalue weighted by atomic mass is 10.3. The molecule has 0 radical (unpaired) electrons. The Bertz CT molecular complexity index is 529. The highest BCUT2D eigenvalue weighted by Gasteiger charge is 2.08. The van der Waals surface area contributed by atoms with Crippen LogP contribution in [0.4, 0.5) is 5.69 Å². The SMILES string of the molecule is O=C(Nc1ccnc(Cl)c1)c1csc(Br)c1. The molecule has 82 valence electrons. The van der Waals surface area contributed by atoms with Gasteiger partial charge in [0.15, 0.2) is 0 Å². The van der Waals surface area contributed by atoms with Gasteiger partial charge < -0.3 is 5.32 Å². The van der Waals surface area contributed by atoms with Crippen LogP contribution in [0.1, 0.15) is 10.4 Å². The summed E-state index contributed by atoms with van der Waals surface area (Å²) < 4.78 is 0.922. The number of rotatable bonds is 2. The summed E-state index contributed by atoms with van der Waals surface area (Å²) in [6.07, 6.45) is 1.54. The number of nitrogens with one attached hydrogen (secondary N) is 1. The fourth-order valence-corrected chi connectivity index (χ4v) is 2.42. The first kappa shape index (κ1) is 11.6. The van der Waals surface area contributed by atoms with Gasteiger partial charge in [0.1, 0.15) is 5.15 Å². The molecule has 0 saturated heterocycles. The number of aromatic nitrogens is 1. The summed E-state index contributed by atoms with van der Waals surface area (Å²) in [5, 5.41) is 4.87. The molecule has 0 atom stereocenters. The number of pyridine rings is 1. The number of anilines is 1. The van der Waals surface area contributed by atoms with Gasteiger partial charge in [-0.1, -0.05) is 11.6 Å². The second kappa shape index (κ2) is 4.95. The third kappa shape index (κ3) is 2.81. The van der Waals surface area contributed by atoms with E-state index >= 15 is 0 Å². The maximum Gasteiger partial charge on any atom is 0.256 e. The monoisotopic (exact) mass is 316 g/mol. The molecule has 2 heterocycles. The summed E-state index contributed by atoms with van der Waals surface area (Å²) >= 11 is 10.5. The number of hydrogen-bond acceptors (Lipinski definition) is 3. The van der Waals surface area contributed by atoms with Crippen LogP contribution >= 0.6 is 38.9 Å². The van der Waals surface area contributed by atoms with Gasteiger partial charge in [0.2, 0.25) is 0 Å². The highest BCUT2D eigenvalue weighted by molar-refractivity contribution is 9.11. The fraction of sp³-hybridized carbons (Fsp3) is 0. The lowest BCUT2D eigenvalue weighted by molar-refractivity contribution is 0.102. The molecule has 16 heavy (non-hydrogen) atoms. The normalized spacial score (nSPS) is 10.1. The summed E-state index contributed by atoms with van der Waals surface area (Å²) in [5.41, 5.74) is 1.25. The Balaban J connectivity index is 2.13. The largest absolute Gasteiger partial charge is 0.322 e. The summed E-state index contributed by atoms with van der Waals surface area (Å²) in [4.78, 5) is 15.6. The van der Waals surface area contributed by atoms with Crippen molar-refractivity contribution in [1.29, 1.82) is 0 Å². The van der Waals surface area contributed by atoms with Gasteiger partial charge in [-0.15, -0.1) is 11.3 Å². The average molecular weight is 318 g/mol. The van der Waals surface area contributed by atoms with Crippen molar-refractivity contribution in [2.24, 2.45) is 0 Å².